The molecule has 0 aliphatic heterocycles. The predicted molar refractivity (Wildman–Crippen MR) is 111 cm³/mol. The first kappa shape index (κ1) is 18.5. The van der Waals surface area contributed by atoms with Crippen molar-refractivity contribution in [2.45, 2.75) is 19.4 Å². The van der Waals surface area contributed by atoms with Gasteiger partial charge in [-0.05, 0) is 31.0 Å². The van der Waals surface area contributed by atoms with Crippen LogP contribution in [0.4, 0.5) is 0 Å². The summed E-state index contributed by atoms with van der Waals surface area (Å²) in [6, 6.07) is 17.6. The molecule has 6 heteroatoms. The van der Waals surface area contributed by atoms with Crippen molar-refractivity contribution in [3.63, 3.8) is 0 Å². The van der Waals surface area contributed by atoms with Gasteiger partial charge in [0.1, 0.15) is 5.69 Å². The van der Waals surface area contributed by atoms with E-state index in [1.165, 1.54) is 0 Å². The fourth-order valence-electron chi connectivity index (χ4n) is 3.42. The molecule has 142 valence electrons. The SMILES string of the molecule is Cc1[nH]cnc1-c1c(-c2ccccc2)ncn1[C@@H](CO)Cc1ccc(Cl)cc1. The molecule has 0 unspecified atom stereocenters. The van der Waals surface area contributed by atoms with E-state index in [0.717, 1.165) is 33.9 Å². The number of benzene rings is 2. The number of imidazole rings is 2. The number of H-pyrrole nitrogens is 1. The first-order chi connectivity index (χ1) is 13.7. The van der Waals surface area contributed by atoms with Crippen molar-refractivity contribution in [2.24, 2.45) is 0 Å². The van der Waals surface area contributed by atoms with Crippen molar-refractivity contribution in [1.29, 1.82) is 0 Å². The number of aromatic nitrogens is 4. The lowest BCUT2D eigenvalue weighted by molar-refractivity contribution is 0.228. The van der Waals surface area contributed by atoms with Crippen molar-refractivity contribution in [3.8, 4) is 22.6 Å². The monoisotopic (exact) mass is 392 g/mol. The van der Waals surface area contributed by atoms with Crippen molar-refractivity contribution >= 4 is 11.6 Å². The Kier molecular flexibility index (Phi) is 5.28. The van der Waals surface area contributed by atoms with Crippen molar-refractivity contribution < 1.29 is 5.11 Å². The summed E-state index contributed by atoms with van der Waals surface area (Å²) < 4.78 is 2.03. The van der Waals surface area contributed by atoms with Crippen LogP contribution >= 0.6 is 11.6 Å². The number of rotatable bonds is 6. The molecule has 0 saturated carbocycles. The summed E-state index contributed by atoms with van der Waals surface area (Å²) in [5.41, 5.74) is 5.67. The van der Waals surface area contributed by atoms with Crippen LogP contribution < -0.4 is 0 Å². The first-order valence-corrected chi connectivity index (χ1v) is 9.53. The largest absolute Gasteiger partial charge is 0.394 e. The summed E-state index contributed by atoms with van der Waals surface area (Å²) in [5, 5.41) is 10.9. The number of aromatic amines is 1. The highest BCUT2D eigenvalue weighted by Crippen LogP contribution is 2.34. The minimum Gasteiger partial charge on any atom is -0.394 e. The Hall–Kier alpha value is -2.89. The van der Waals surface area contributed by atoms with Gasteiger partial charge in [-0.25, -0.2) is 9.97 Å². The summed E-state index contributed by atoms with van der Waals surface area (Å²) in [6.45, 7) is 1.98. The van der Waals surface area contributed by atoms with Crippen LogP contribution in [0.15, 0.2) is 67.3 Å². The molecular formula is C22H21ClN4O. The number of nitrogens with zero attached hydrogens (tertiary/aromatic N) is 3. The topological polar surface area (TPSA) is 66.7 Å². The molecule has 5 nitrogen and oxygen atoms in total. The lowest BCUT2D eigenvalue weighted by Gasteiger charge is -2.19. The third-order valence-corrected chi connectivity index (χ3v) is 5.14. The van der Waals surface area contributed by atoms with Gasteiger partial charge >= 0.3 is 0 Å². The fourth-order valence-corrected chi connectivity index (χ4v) is 3.55. The molecule has 0 radical (unpaired) electrons. The molecular weight excluding hydrogens is 372 g/mol. The van der Waals surface area contributed by atoms with Gasteiger partial charge in [-0.2, -0.15) is 0 Å². The number of nitrogens with one attached hydrogen (secondary N) is 1. The van der Waals surface area contributed by atoms with Crippen LogP contribution in [0.3, 0.4) is 0 Å². The smallest absolute Gasteiger partial charge is 0.110 e. The molecule has 2 N–H and O–H groups in total. The third-order valence-electron chi connectivity index (χ3n) is 4.88. The van der Waals surface area contributed by atoms with E-state index in [2.05, 4.69) is 15.0 Å². The van der Waals surface area contributed by atoms with Gasteiger partial charge in [0.15, 0.2) is 0 Å². The Bertz CT molecular complexity index is 1050. The molecule has 4 rings (SSSR count). The van der Waals surface area contributed by atoms with Crippen molar-refractivity contribution in [2.75, 3.05) is 6.61 Å². The highest BCUT2D eigenvalue weighted by molar-refractivity contribution is 6.30. The van der Waals surface area contributed by atoms with E-state index in [4.69, 9.17) is 11.6 Å². The molecule has 0 aliphatic rings. The second-order valence-corrected chi connectivity index (χ2v) is 7.19. The number of hydrogen-bond acceptors (Lipinski definition) is 3. The normalized spacial score (nSPS) is 12.2. The third kappa shape index (κ3) is 3.59. The quantitative estimate of drug-likeness (QED) is 0.500. The Morgan fingerprint density at radius 1 is 1.04 bits per heavy atom. The van der Waals surface area contributed by atoms with E-state index in [9.17, 15) is 5.11 Å². The summed E-state index contributed by atoms with van der Waals surface area (Å²) >= 11 is 6.00. The highest BCUT2D eigenvalue weighted by Gasteiger charge is 2.23. The number of aliphatic hydroxyl groups is 1. The van der Waals surface area contributed by atoms with Crippen LogP contribution in [0.5, 0.6) is 0 Å². The average Bonchev–Trinajstić information content (AvgIpc) is 3.34. The second-order valence-electron chi connectivity index (χ2n) is 6.76. The fraction of sp³-hybridized carbons (Fsp3) is 0.182. The molecule has 0 fully saturated rings. The van der Waals surface area contributed by atoms with E-state index in [1.54, 1.807) is 12.7 Å². The predicted octanol–water partition coefficient (Wildman–Crippen LogP) is 4.68. The van der Waals surface area contributed by atoms with E-state index in [1.807, 2.05) is 66.1 Å². The lowest BCUT2D eigenvalue weighted by Crippen LogP contribution is -2.16. The molecule has 4 aromatic rings. The first-order valence-electron chi connectivity index (χ1n) is 9.15. The Morgan fingerprint density at radius 3 is 2.43 bits per heavy atom. The molecule has 0 aliphatic carbocycles. The van der Waals surface area contributed by atoms with Gasteiger partial charge in [-0.3, -0.25) is 0 Å². The zero-order valence-electron chi connectivity index (χ0n) is 15.5. The van der Waals surface area contributed by atoms with Crippen LogP contribution in [-0.2, 0) is 6.42 Å². The Labute approximate surface area is 168 Å². The standard InChI is InChI=1S/C22H21ClN4O/c1-15-20(25-13-24-15)22-21(17-5-3-2-4-6-17)26-14-27(22)19(12-28)11-16-7-9-18(23)10-8-16/h2-10,13-14,19,28H,11-12H2,1H3,(H,24,25)/t19-/m1/s1. The number of hydrogen-bond donors (Lipinski definition) is 2. The molecule has 0 saturated heterocycles. The molecule has 0 bridgehead atoms. The van der Waals surface area contributed by atoms with E-state index >= 15 is 0 Å². The van der Waals surface area contributed by atoms with Crippen LogP contribution in [-0.4, -0.2) is 31.2 Å². The van der Waals surface area contributed by atoms with Crippen LogP contribution in [0.25, 0.3) is 22.6 Å². The maximum atomic E-state index is 10.2. The Morgan fingerprint density at radius 2 is 1.79 bits per heavy atom. The molecule has 2 aromatic carbocycles. The van der Waals surface area contributed by atoms with Gasteiger partial charge in [0, 0.05) is 16.3 Å². The van der Waals surface area contributed by atoms with Gasteiger partial charge in [0.2, 0.25) is 0 Å². The zero-order chi connectivity index (χ0) is 19.5. The van der Waals surface area contributed by atoms with Gasteiger partial charge in [-0.1, -0.05) is 54.1 Å². The molecule has 1 atom stereocenters. The number of halogens is 1. The minimum atomic E-state index is -0.169. The van der Waals surface area contributed by atoms with Crippen LogP contribution in [0.2, 0.25) is 5.02 Å². The van der Waals surface area contributed by atoms with Gasteiger partial charge in [0.05, 0.1) is 36.7 Å². The van der Waals surface area contributed by atoms with Crippen molar-refractivity contribution in [3.05, 3.63) is 83.5 Å². The molecule has 2 heterocycles. The van der Waals surface area contributed by atoms with Gasteiger partial charge < -0.3 is 14.7 Å². The average molecular weight is 393 g/mol. The van der Waals surface area contributed by atoms with Gasteiger partial charge in [-0.15, -0.1) is 0 Å². The molecule has 28 heavy (non-hydrogen) atoms. The summed E-state index contributed by atoms with van der Waals surface area (Å²) in [4.78, 5) is 12.4. The number of aliphatic hydroxyl groups excluding tert-OH is 1. The highest BCUT2D eigenvalue weighted by atomic mass is 35.5. The molecule has 0 amide bonds. The van der Waals surface area contributed by atoms with Gasteiger partial charge in [0.25, 0.3) is 0 Å². The maximum Gasteiger partial charge on any atom is 0.110 e. The maximum absolute atomic E-state index is 10.2. The second kappa shape index (κ2) is 8.00. The summed E-state index contributed by atoms with van der Waals surface area (Å²) in [7, 11) is 0. The molecule has 0 spiro atoms. The summed E-state index contributed by atoms with van der Waals surface area (Å²) in [5.74, 6) is 0. The number of aryl methyl sites for hydroxylation is 1. The van der Waals surface area contributed by atoms with E-state index in [-0.39, 0.29) is 12.6 Å². The lowest BCUT2D eigenvalue weighted by atomic mass is 10.0. The van der Waals surface area contributed by atoms with Crippen LogP contribution in [0.1, 0.15) is 17.3 Å². The Balaban J connectivity index is 1.80. The van der Waals surface area contributed by atoms with Crippen molar-refractivity contribution in [1.82, 2.24) is 19.5 Å². The van der Waals surface area contributed by atoms with Crippen LogP contribution in [0, 0.1) is 6.92 Å². The molecule has 2 aromatic heterocycles. The summed E-state index contributed by atoms with van der Waals surface area (Å²) in [6.07, 6.45) is 4.14. The van der Waals surface area contributed by atoms with E-state index < -0.39 is 0 Å². The zero-order valence-corrected chi connectivity index (χ0v) is 16.3. The minimum absolute atomic E-state index is 0.0102. The van der Waals surface area contributed by atoms with E-state index in [0.29, 0.717) is 11.4 Å².